The highest BCUT2D eigenvalue weighted by atomic mass is 35.5. The third-order valence-electron chi connectivity index (χ3n) is 3.61. The minimum absolute atomic E-state index is 0.0437. The number of benzene rings is 1. The molecule has 1 aromatic carbocycles. The van der Waals surface area contributed by atoms with Gasteiger partial charge in [-0.3, -0.25) is 4.79 Å². The van der Waals surface area contributed by atoms with Crippen molar-refractivity contribution in [2.24, 2.45) is 0 Å². The van der Waals surface area contributed by atoms with Crippen LogP contribution in [0.3, 0.4) is 0 Å². The molecule has 0 aliphatic carbocycles. The first-order valence-corrected chi connectivity index (χ1v) is 8.06. The summed E-state index contributed by atoms with van der Waals surface area (Å²) in [4.78, 5) is 22.4. The number of amides is 1. The molecule has 0 saturated carbocycles. The highest BCUT2D eigenvalue weighted by Crippen LogP contribution is 2.19. The Balaban J connectivity index is 1.66. The Bertz CT molecular complexity index is 694. The first-order chi connectivity index (χ1) is 11.1. The van der Waals surface area contributed by atoms with Crippen molar-refractivity contribution in [1.82, 2.24) is 14.9 Å². The highest BCUT2D eigenvalue weighted by molar-refractivity contribution is 6.31. The van der Waals surface area contributed by atoms with Gasteiger partial charge in [0.05, 0.1) is 24.0 Å². The molecule has 2 aromatic rings. The van der Waals surface area contributed by atoms with Gasteiger partial charge >= 0.3 is 6.01 Å². The number of piperidine rings is 1. The van der Waals surface area contributed by atoms with Gasteiger partial charge < -0.3 is 9.64 Å². The van der Waals surface area contributed by atoms with Crippen molar-refractivity contribution >= 4 is 29.1 Å². The van der Waals surface area contributed by atoms with Gasteiger partial charge in [-0.15, -0.1) is 0 Å². The largest absolute Gasteiger partial charge is 0.458 e. The molecule has 1 unspecified atom stereocenters. The van der Waals surface area contributed by atoms with E-state index in [1.165, 1.54) is 12.4 Å². The van der Waals surface area contributed by atoms with Crippen LogP contribution in [0, 0.1) is 0 Å². The fourth-order valence-electron chi connectivity index (χ4n) is 2.53. The summed E-state index contributed by atoms with van der Waals surface area (Å²) in [5.74, 6) is -0.0437. The van der Waals surface area contributed by atoms with Crippen molar-refractivity contribution in [1.29, 1.82) is 0 Å². The molecule has 1 aliphatic heterocycles. The summed E-state index contributed by atoms with van der Waals surface area (Å²) >= 11 is 11.7. The molecule has 1 aromatic heterocycles. The van der Waals surface area contributed by atoms with E-state index in [-0.39, 0.29) is 18.0 Å². The van der Waals surface area contributed by atoms with Crippen LogP contribution in [0.25, 0.3) is 0 Å². The second-order valence-corrected chi connectivity index (χ2v) is 6.20. The molecule has 1 saturated heterocycles. The van der Waals surface area contributed by atoms with Gasteiger partial charge in [-0.1, -0.05) is 29.3 Å². The topological polar surface area (TPSA) is 55.3 Å². The van der Waals surface area contributed by atoms with Crippen molar-refractivity contribution in [2.75, 3.05) is 13.1 Å². The van der Waals surface area contributed by atoms with Crippen LogP contribution in [0.1, 0.15) is 23.2 Å². The number of hydrogen-bond acceptors (Lipinski definition) is 4. The van der Waals surface area contributed by atoms with E-state index in [4.69, 9.17) is 27.9 Å². The van der Waals surface area contributed by atoms with Crippen LogP contribution in [0.2, 0.25) is 10.0 Å². The SMILES string of the molecule is O=C(c1cccc(Cl)c1)N1CCCC(Oc2ncc(Cl)cn2)C1. The number of nitrogens with zero attached hydrogens (tertiary/aromatic N) is 3. The molecule has 1 atom stereocenters. The van der Waals surface area contributed by atoms with E-state index in [1.54, 1.807) is 29.2 Å². The molecule has 5 nitrogen and oxygen atoms in total. The summed E-state index contributed by atoms with van der Waals surface area (Å²) in [6, 6.07) is 7.24. The zero-order chi connectivity index (χ0) is 16.2. The van der Waals surface area contributed by atoms with Crippen LogP contribution in [-0.2, 0) is 0 Å². The minimum Gasteiger partial charge on any atom is -0.458 e. The van der Waals surface area contributed by atoms with Crippen LogP contribution in [-0.4, -0.2) is 40.0 Å². The normalized spacial score (nSPS) is 17.8. The molecule has 0 N–H and O–H groups in total. The standard InChI is InChI=1S/C16H15Cl2N3O2/c17-12-4-1-3-11(7-12)15(22)21-6-2-5-14(10-21)23-16-19-8-13(18)9-20-16/h1,3-4,7-9,14H,2,5-6,10H2. The van der Waals surface area contributed by atoms with Gasteiger partial charge in [0.2, 0.25) is 0 Å². The highest BCUT2D eigenvalue weighted by Gasteiger charge is 2.26. The van der Waals surface area contributed by atoms with E-state index in [1.807, 2.05) is 0 Å². The van der Waals surface area contributed by atoms with Gasteiger partial charge in [-0.2, -0.15) is 0 Å². The molecule has 1 fully saturated rings. The predicted molar refractivity (Wildman–Crippen MR) is 88.0 cm³/mol. The molecular formula is C16H15Cl2N3O2. The number of carbonyl (C=O) groups is 1. The molecule has 1 aliphatic rings. The molecular weight excluding hydrogens is 337 g/mol. The van der Waals surface area contributed by atoms with Crippen molar-refractivity contribution in [3.8, 4) is 6.01 Å². The Labute approximate surface area is 144 Å². The Kier molecular flexibility index (Phi) is 4.98. The predicted octanol–water partition coefficient (Wildman–Crippen LogP) is 3.47. The van der Waals surface area contributed by atoms with E-state index < -0.39 is 0 Å². The van der Waals surface area contributed by atoms with E-state index in [0.717, 1.165) is 12.8 Å². The lowest BCUT2D eigenvalue weighted by atomic mass is 10.1. The van der Waals surface area contributed by atoms with E-state index >= 15 is 0 Å². The van der Waals surface area contributed by atoms with Crippen LogP contribution in [0.15, 0.2) is 36.7 Å². The Morgan fingerprint density at radius 2 is 2.00 bits per heavy atom. The quantitative estimate of drug-likeness (QED) is 0.849. The summed E-state index contributed by atoms with van der Waals surface area (Å²) in [6.07, 6.45) is 4.56. The molecule has 3 rings (SSSR count). The van der Waals surface area contributed by atoms with E-state index in [2.05, 4.69) is 9.97 Å². The van der Waals surface area contributed by atoms with Crippen molar-refractivity contribution in [3.05, 3.63) is 52.3 Å². The zero-order valence-corrected chi connectivity index (χ0v) is 13.8. The number of carbonyl (C=O) groups excluding carboxylic acids is 1. The Hall–Kier alpha value is -1.85. The molecule has 7 heteroatoms. The first-order valence-electron chi connectivity index (χ1n) is 7.31. The molecule has 1 amide bonds. The molecule has 0 radical (unpaired) electrons. The second kappa shape index (κ2) is 7.15. The number of likely N-dealkylation sites (tertiary alicyclic amines) is 1. The van der Waals surface area contributed by atoms with Gasteiger partial charge in [0.15, 0.2) is 0 Å². The molecule has 0 bridgehead atoms. The Morgan fingerprint density at radius 1 is 1.22 bits per heavy atom. The number of rotatable bonds is 3. The molecule has 120 valence electrons. The maximum Gasteiger partial charge on any atom is 0.316 e. The van der Waals surface area contributed by atoms with Crippen LogP contribution in [0.5, 0.6) is 6.01 Å². The van der Waals surface area contributed by atoms with Crippen molar-refractivity contribution < 1.29 is 9.53 Å². The van der Waals surface area contributed by atoms with Gasteiger partial charge in [0.1, 0.15) is 6.10 Å². The summed E-state index contributed by atoms with van der Waals surface area (Å²) in [7, 11) is 0. The average Bonchev–Trinajstić information content (AvgIpc) is 2.56. The van der Waals surface area contributed by atoms with Gasteiger partial charge in [0.25, 0.3) is 5.91 Å². The average molecular weight is 352 g/mol. The lowest BCUT2D eigenvalue weighted by Crippen LogP contribution is -2.44. The fourth-order valence-corrected chi connectivity index (χ4v) is 2.82. The van der Waals surface area contributed by atoms with Crippen molar-refractivity contribution in [3.63, 3.8) is 0 Å². The van der Waals surface area contributed by atoms with Gasteiger partial charge in [-0.25, -0.2) is 9.97 Å². The number of halogens is 2. The van der Waals surface area contributed by atoms with Gasteiger partial charge in [0, 0.05) is 17.1 Å². The zero-order valence-electron chi connectivity index (χ0n) is 12.3. The first kappa shape index (κ1) is 16.0. The van der Waals surface area contributed by atoms with Crippen molar-refractivity contribution in [2.45, 2.75) is 18.9 Å². The summed E-state index contributed by atoms with van der Waals surface area (Å²) in [6.45, 7) is 1.20. The lowest BCUT2D eigenvalue weighted by Gasteiger charge is -2.32. The van der Waals surface area contributed by atoms with Crippen LogP contribution in [0.4, 0.5) is 0 Å². The monoisotopic (exact) mass is 351 g/mol. The number of hydrogen-bond donors (Lipinski definition) is 0. The summed E-state index contributed by atoms with van der Waals surface area (Å²) < 4.78 is 5.75. The smallest absolute Gasteiger partial charge is 0.316 e. The van der Waals surface area contributed by atoms with Crippen LogP contribution < -0.4 is 4.74 Å². The number of aromatic nitrogens is 2. The third kappa shape index (κ3) is 4.12. The minimum atomic E-state index is -0.131. The third-order valence-corrected chi connectivity index (χ3v) is 4.04. The summed E-state index contributed by atoms with van der Waals surface area (Å²) in [5.41, 5.74) is 0.584. The Morgan fingerprint density at radius 3 is 2.74 bits per heavy atom. The molecule has 0 spiro atoms. The maximum absolute atomic E-state index is 12.6. The second-order valence-electron chi connectivity index (χ2n) is 5.33. The molecule has 23 heavy (non-hydrogen) atoms. The lowest BCUT2D eigenvalue weighted by molar-refractivity contribution is 0.0516. The van der Waals surface area contributed by atoms with Crippen LogP contribution >= 0.6 is 23.2 Å². The fraction of sp³-hybridized carbons (Fsp3) is 0.312. The summed E-state index contributed by atoms with van der Waals surface area (Å²) in [5, 5.41) is 1.01. The van der Waals surface area contributed by atoms with Gasteiger partial charge in [-0.05, 0) is 31.0 Å². The number of ether oxygens (including phenoxy) is 1. The maximum atomic E-state index is 12.6. The molecule has 2 heterocycles. The van der Waals surface area contributed by atoms with E-state index in [9.17, 15) is 4.79 Å². The van der Waals surface area contributed by atoms with E-state index in [0.29, 0.717) is 28.7 Å².